The van der Waals surface area contributed by atoms with Crippen LogP contribution in [-0.4, -0.2) is 25.8 Å². The summed E-state index contributed by atoms with van der Waals surface area (Å²) in [6, 6.07) is 8.91. The number of sulfonamides is 1. The molecular weight excluding hydrogens is 351 g/mol. The van der Waals surface area contributed by atoms with Crippen molar-refractivity contribution in [3.05, 3.63) is 65.5 Å². The summed E-state index contributed by atoms with van der Waals surface area (Å²) in [5, 5.41) is 0. The minimum Gasteiger partial charge on any atom is -0.207 e. The maximum absolute atomic E-state index is 14.0. The molecule has 7 heteroatoms. The van der Waals surface area contributed by atoms with Gasteiger partial charge >= 0.3 is 0 Å². The van der Waals surface area contributed by atoms with Gasteiger partial charge in [-0.2, -0.15) is 4.31 Å². The second kappa shape index (κ2) is 7.17. The fourth-order valence-corrected chi connectivity index (χ4v) is 4.82. The fraction of sp³-hybridized carbons (Fsp3) is 0.333. The maximum Gasteiger partial charge on any atom is 0.248 e. The van der Waals surface area contributed by atoms with Crippen molar-refractivity contribution in [1.82, 2.24) is 4.31 Å². The maximum atomic E-state index is 14.0. The summed E-state index contributed by atoms with van der Waals surface area (Å²) < 4.78 is 67.8. The Hall–Kier alpha value is -1.86. The highest BCUT2D eigenvalue weighted by molar-refractivity contribution is 7.89. The van der Waals surface area contributed by atoms with E-state index in [1.807, 2.05) is 0 Å². The summed E-state index contributed by atoms with van der Waals surface area (Å²) in [6.45, 7) is 0.315. The van der Waals surface area contributed by atoms with E-state index in [0.717, 1.165) is 40.9 Å². The van der Waals surface area contributed by atoms with Crippen LogP contribution < -0.4 is 0 Å². The Morgan fingerprint density at radius 3 is 2.20 bits per heavy atom. The second-order valence-corrected chi connectivity index (χ2v) is 8.03. The lowest BCUT2D eigenvalue weighted by atomic mass is 9.95. The largest absolute Gasteiger partial charge is 0.248 e. The third-order valence-electron chi connectivity index (χ3n) is 4.49. The molecule has 0 amide bonds. The van der Waals surface area contributed by atoms with Crippen LogP contribution in [0.2, 0.25) is 0 Å². The highest BCUT2D eigenvalue weighted by atomic mass is 32.2. The summed E-state index contributed by atoms with van der Waals surface area (Å²) >= 11 is 0. The number of hydrogen-bond donors (Lipinski definition) is 0. The molecule has 0 radical (unpaired) electrons. The summed E-state index contributed by atoms with van der Waals surface area (Å²) in [5.41, 5.74) is 0.817. The first kappa shape index (κ1) is 17.9. The SMILES string of the molecule is O=S(=O)(c1c(F)cccc1F)N1CCCCC(c2ccc(F)cc2)C1. The van der Waals surface area contributed by atoms with Crippen LogP contribution in [0.25, 0.3) is 0 Å². The molecule has 0 aliphatic carbocycles. The molecule has 0 saturated carbocycles. The van der Waals surface area contributed by atoms with Crippen LogP contribution in [0.4, 0.5) is 13.2 Å². The molecule has 2 aromatic carbocycles. The normalized spacial score (nSPS) is 19.6. The van der Waals surface area contributed by atoms with Gasteiger partial charge in [-0.25, -0.2) is 21.6 Å². The predicted molar refractivity (Wildman–Crippen MR) is 88.1 cm³/mol. The van der Waals surface area contributed by atoms with Crippen molar-refractivity contribution in [1.29, 1.82) is 0 Å². The Morgan fingerprint density at radius 1 is 0.920 bits per heavy atom. The van der Waals surface area contributed by atoms with Crippen molar-refractivity contribution < 1.29 is 21.6 Å². The zero-order valence-electron chi connectivity index (χ0n) is 13.5. The van der Waals surface area contributed by atoms with Gasteiger partial charge in [-0.05, 0) is 48.6 Å². The third kappa shape index (κ3) is 3.72. The number of rotatable bonds is 3. The molecule has 0 aromatic heterocycles. The topological polar surface area (TPSA) is 37.4 Å². The highest BCUT2D eigenvalue weighted by Crippen LogP contribution is 2.31. The molecule has 1 aliphatic rings. The van der Waals surface area contributed by atoms with E-state index in [1.54, 1.807) is 12.1 Å². The van der Waals surface area contributed by atoms with Gasteiger partial charge in [-0.1, -0.05) is 24.6 Å². The van der Waals surface area contributed by atoms with E-state index in [1.165, 1.54) is 12.1 Å². The van der Waals surface area contributed by atoms with E-state index in [2.05, 4.69) is 0 Å². The van der Waals surface area contributed by atoms with E-state index in [-0.39, 0.29) is 24.8 Å². The van der Waals surface area contributed by atoms with Gasteiger partial charge in [0.15, 0.2) is 4.90 Å². The van der Waals surface area contributed by atoms with Crippen LogP contribution >= 0.6 is 0 Å². The van der Waals surface area contributed by atoms with Gasteiger partial charge in [0.2, 0.25) is 10.0 Å². The fourth-order valence-electron chi connectivity index (χ4n) is 3.19. The van der Waals surface area contributed by atoms with E-state index < -0.39 is 26.6 Å². The van der Waals surface area contributed by atoms with E-state index >= 15 is 0 Å². The predicted octanol–water partition coefficient (Wildman–Crippen LogP) is 4.06. The lowest BCUT2D eigenvalue weighted by molar-refractivity contribution is 0.398. The molecule has 1 heterocycles. The zero-order chi connectivity index (χ0) is 18.0. The molecule has 0 spiro atoms. The Morgan fingerprint density at radius 2 is 1.56 bits per heavy atom. The summed E-state index contributed by atoms with van der Waals surface area (Å²) in [4.78, 5) is -0.908. The molecule has 3 nitrogen and oxygen atoms in total. The lowest BCUT2D eigenvalue weighted by Gasteiger charge is -2.24. The van der Waals surface area contributed by atoms with Crippen molar-refractivity contribution in [3.63, 3.8) is 0 Å². The number of halogens is 3. The Balaban J connectivity index is 1.94. The molecule has 1 saturated heterocycles. The minimum absolute atomic E-state index is 0.113. The van der Waals surface area contributed by atoms with Gasteiger partial charge in [0.05, 0.1) is 0 Å². The van der Waals surface area contributed by atoms with Crippen LogP contribution in [0.5, 0.6) is 0 Å². The number of nitrogens with zero attached hydrogens (tertiary/aromatic N) is 1. The smallest absolute Gasteiger partial charge is 0.207 e. The van der Waals surface area contributed by atoms with E-state index in [4.69, 9.17) is 0 Å². The van der Waals surface area contributed by atoms with Crippen molar-refractivity contribution in [2.75, 3.05) is 13.1 Å². The standard InChI is InChI=1S/C18H18F3NO2S/c19-15-9-7-13(8-10-15)14-4-1-2-11-22(12-14)25(23,24)18-16(20)5-3-6-17(18)21/h3,5-10,14H,1-2,4,11-12H2. The Bertz CT molecular complexity index is 833. The van der Waals surface area contributed by atoms with Crippen molar-refractivity contribution in [2.24, 2.45) is 0 Å². The van der Waals surface area contributed by atoms with Gasteiger partial charge < -0.3 is 0 Å². The van der Waals surface area contributed by atoms with Gasteiger partial charge in [-0.3, -0.25) is 0 Å². The monoisotopic (exact) mass is 369 g/mol. The molecule has 134 valence electrons. The molecule has 1 atom stereocenters. The molecule has 1 fully saturated rings. The van der Waals surface area contributed by atoms with Crippen LogP contribution in [0.15, 0.2) is 47.4 Å². The summed E-state index contributed by atoms with van der Waals surface area (Å²) in [6.07, 6.45) is 2.12. The summed E-state index contributed by atoms with van der Waals surface area (Å²) in [5.74, 6) is -2.70. The van der Waals surface area contributed by atoms with Crippen LogP contribution in [0.3, 0.4) is 0 Å². The second-order valence-electron chi connectivity index (χ2n) is 6.16. The molecule has 25 heavy (non-hydrogen) atoms. The molecular formula is C18H18F3NO2S. The first-order valence-electron chi connectivity index (χ1n) is 8.09. The van der Waals surface area contributed by atoms with Crippen LogP contribution in [0, 0.1) is 17.5 Å². The number of benzene rings is 2. The van der Waals surface area contributed by atoms with Gasteiger partial charge in [0.1, 0.15) is 17.5 Å². The third-order valence-corrected chi connectivity index (χ3v) is 6.41. The molecule has 3 rings (SSSR count). The average molecular weight is 369 g/mol. The lowest BCUT2D eigenvalue weighted by Crippen LogP contribution is -2.35. The first-order valence-corrected chi connectivity index (χ1v) is 9.53. The Kier molecular flexibility index (Phi) is 5.15. The highest BCUT2D eigenvalue weighted by Gasteiger charge is 2.33. The molecule has 0 bridgehead atoms. The zero-order valence-corrected chi connectivity index (χ0v) is 14.3. The molecule has 1 unspecified atom stereocenters. The van der Waals surface area contributed by atoms with Crippen molar-refractivity contribution in [2.45, 2.75) is 30.1 Å². The van der Waals surface area contributed by atoms with Crippen molar-refractivity contribution >= 4 is 10.0 Å². The van der Waals surface area contributed by atoms with Crippen LogP contribution in [-0.2, 0) is 10.0 Å². The van der Waals surface area contributed by atoms with Crippen molar-refractivity contribution in [3.8, 4) is 0 Å². The average Bonchev–Trinajstić information content (AvgIpc) is 2.82. The van der Waals surface area contributed by atoms with Gasteiger partial charge in [0.25, 0.3) is 0 Å². The van der Waals surface area contributed by atoms with E-state index in [9.17, 15) is 21.6 Å². The van der Waals surface area contributed by atoms with E-state index in [0.29, 0.717) is 6.42 Å². The quantitative estimate of drug-likeness (QED) is 0.818. The molecule has 2 aromatic rings. The number of hydrogen-bond acceptors (Lipinski definition) is 2. The molecule has 1 aliphatic heterocycles. The summed E-state index contributed by atoms with van der Waals surface area (Å²) in [7, 11) is -4.29. The Labute approximate surface area is 145 Å². The first-order chi connectivity index (χ1) is 11.9. The van der Waals surface area contributed by atoms with Gasteiger partial charge in [0, 0.05) is 13.1 Å². The molecule has 0 N–H and O–H groups in total. The minimum atomic E-state index is -4.29. The van der Waals surface area contributed by atoms with Gasteiger partial charge in [-0.15, -0.1) is 0 Å². The van der Waals surface area contributed by atoms with Crippen LogP contribution in [0.1, 0.15) is 30.7 Å².